The van der Waals surface area contributed by atoms with E-state index in [0.29, 0.717) is 30.7 Å². The van der Waals surface area contributed by atoms with E-state index >= 15 is 0 Å². The summed E-state index contributed by atoms with van der Waals surface area (Å²) in [5.41, 5.74) is 1.42. The van der Waals surface area contributed by atoms with Crippen LogP contribution in [0.4, 0.5) is 0 Å². The zero-order valence-corrected chi connectivity index (χ0v) is 18.2. The van der Waals surface area contributed by atoms with Gasteiger partial charge in [-0.1, -0.05) is 30.3 Å². The number of rotatable bonds is 7. The molecule has 1 N–H and O–H groups in total. The summed E-state index contributed by atoms with van der Waals surface area (Å²) in [7, 11) is 3.12. The number of nitrogens with zero attached hydrogens (tertiary/aromatic N) is 6. The highest BCUT2D eigenvalue weighted by Crippen LogP contribution is 2.16. The summed E-state index contributed by atoms with van der Waals surface area (Å²) in [4.78, 5) is 34.6. The molecule has 2 aromatic heterocycles. The van der Waals surface area contributed by atoms with E-state index in [0.717, 1.165) is 43.1 Å². The SMILES string of the molecule is Cn1c(=O)c2c(nc(CN3CCN(Cc4ccccc4)CC3)n2CCCO)n(C)c1=O. The Bertz CT molecular complexity index is 1160. The second kappa shape index (κ2) is 9.17. The van der Waals surface area contributed by atoms with Gasteiger partial charge in [-0.25, -0.2) is 9.78 Å². The number of benzene rings is 1. The quantitative estimate of drug-likeness (QED) is 0.578. The van der Waals surface area contributed by atoms with E-state index in [4.69, 9.17) is 0 Å². The number of aromatic nitrogens is 4. The first-order valence-corrected chi connectivity index (χ1v) is 10.7. The molecule has 3 heterocycles. The standard InChI is InChI=1S/C22H30N6O3/c1-24-20-19(21(30)25(2)22(24)31)28(9-6-14-29)18(23-20)16-27-12-10-26(11-13-27)15-17-7-4-3-5-8-17/h3-5,7-8,29H,6,9-16H2,1-2H3. The Labute approximate surface area is 180 Å². The number of hydrogen-bond acceptors (Lipinski definition) is 6. The molecule has 0 bridgehead atoms. The Balaban J connectivity index is 1.54. The number of fused-ring (bicyclic) bond motifs is 1. The van der Waals surface area contributed by atoms with E-state index in [-0.39, 0.29) is 17.9 Å². The van der Waals surface area contributed by atoms with Crippen molar-refractivity contribution in [2.45, 2.75) is 26.1 Å². The molecular formula is C22H30N6O3. The van der Waals surface area contributed by atoms with Gasteiger partial charge in [0.25, 0.3) is 5.56 Å². The lowest BCUT2D eigenvalue weighted by Crippen LogP contribution is -2.45. The highest BCUT2D eigenvalue weighted by atomic mass is 16.3. The lowest BCUT2D eigenvalue weighted by atomic mass is 10.2. The van der Waals surface area contributed by atoms with Crippen molar-refractivity contribution in [3.63, 3.8) is 0 Å². The molecule has 31 heavy (non-hydrogen) atoms. The van der Waals surface area contributed by atoms with Crippen LogP contribution in [0.3, 0.4) is 0 Å². The fraction of sp³-hybridized carbons (Fsp3) is 0.500. The van der Waals surface area contributed by atoms with Crippen LogP contribution in [-0.2, 0) is 33.7 Å². The molecule has 1 aliphatic heterocycles. The maximum Gasteiger partial charge on any atom is 0.332 e. The van der Waals surface area contributed by atoms with Crippen molar-refractivity contribution in [1.82, 2.24) is 28.5 Å². The molecule has 1 saturated heterocycles. The number of piperazine rings is 1. The van der Waals surface area contributed by atoms with Gasteiger partial charge in [-0.15, -0.1) is 0 Å². The zero-order chi connectivity index (χ0) is 22.0. The summed E-state index contributed by atoms with van der Waals surface area (Å²) in [5.74, 6) is 0.762. The van der Waals surface area contributed by atoms with Gasteiger partial charge in [-0.2, -0.15) is 0 Å². The summed E-state index contributed by atoms with van der Waals surface area (Å²) >= 11 is 0. The van der Waals surface area contributed by atoms with Crippen molar-refractivity contribution < 1.29 is 5.11 Å². The van der Waals surface area contributed by atoms with Crippen LogP contribution < -0.4 is 11.2 Å². The lowest BCUT2D eigenvalue weighted by Gasteiger charge is -2.34. The predicted molar refractivity (Wildman–Crippen MR) is 119 cm³/mol. The molecule has 0 amide bonds. The Hall–Kier alpha value is -2.75. The van der Waals surface area contributed by atoms with E-state index in [2.05, 4.69) is 39.0 Å². The van der Waals surface area contributed by atoms with Crippen LogP contribution in [0.5, 0.6) is 0 Å². The Morgan fingerprint density at radius 2 is 1.58 bits per heavy atom. The van der Waals surface area contributed by atoms with Gasteiger partial charge < -0.3 is 9.67 Å². The largest absolute Gasteiger partial charge is 0.396 e. The summed E-state index contributed by atoms with van der Waals surface area (Å²) in [5, 5.41) is 9.33. The van der Waals surface area contributed by atoms with Crippen LogP contribution >= 0.6 is 0 Å². The van der Waals surface area contributed by atoms with Crippen LogP contribution in [-0.4, -0.2) is 66.4 Å². The van der Waals surface area contributed by atoms with Gasteiger partial charge in [-0.3, -0.25) is 23.7 Å². The third-order valence-electron chi connectivity index (χ3n) is 6.05. The van der Waals surface area contributed by atoms with Crippen LogP contribution in [0.15, 0.2) is 39.9 Å². The average molecular weight is 427 g/mol. The molecule has 0 unspecified atom stereocenters. The number of aryl methyl sites for hydroxylation is 2. The first-order chi connectivity index (χ1) is 15.0. The molecule has 9 heteroatoms. The highest BCUT2D eigenvalue weighted by Gasteiger charge is 2.23. The molecule has 0 spiro atoms. The monoisotopic (exact) mass is 426 g/mol. The van der Waals surface area contributed by atoms with Crippen LogP contribution in [0.1, 0.15) is 17.8 Å². The van der Waals surface area contributed by atoms with E-state index in [1.807, 2.05) is 10.6 Å². The third kappa shape index (κ3) is 4.34. The fourth-order valence-electron chi connectivity index (χ4n) is 4.23. The van der Waals surface area contributed by atoms with Gasteiger partial charge in [0.2, 0.25) is 0 Å². The second-order valence-electron chi connectivity index (χ2n) is 8.17. The van der Waals surface area contributed by atoms with Crippen molar-refractivity contribution in [1.29, 1.82) is 0 Å². The fourth-order valence-corrected chi connectivity index (χ4v) is 4.23. The number of aliphatic hydroxyl groups is 1. The molecular weight excluding hydrogens is 396 g/mol. The van der Waals surface area contributed by atoms with E-state index < -0.39 is 0 Å². The van der Waals surface area contributed by atoms with Crippen molar-refractivity contribution in [2.75, 3.05) is 32.8 Å². The van der Waals surface area contributed by atoms with Crippen LogP contribution in [0.25, 0.3) is 11.2 Å². The minimum absolute atomic E-state index is 0.0311. The third-order valence-corrected chi connectivity index (χ3v) is 6.05. The van der Waals surface area contributed by atoms with Crippen LogP contribution in [0.2, 0.25) is 0 Å². The molecule has 0 aliphatic carbocycles. The molecule has 9 nitrogen and oxygen atoms in total. The first kappa shape index (κ1) is 21.5. The molecule has 4 rings (SSSR count). The minimum Gasteiger partial charge on any atom is -0.396 e. The van der Waals surface area contributed by atoms with Crippen molar-refractivity contribution in [3.05, 3.63) is 62.6 Å². The summed E-state index contributed by atoms with van der Waals surface area (Å²) in [6, 6.07) is 10.5. The van der Waals surface area contributed by atoms with Crippen molar-refractivity contribution >= 4 is 11.2 Å². The second-order valence-corrected chi connectivity index (χ2v) is 8.17. The van der Waals surface area contributed by atoms with Gasteiger partial charge in [0.05, 0.1) is 6.54 Å². The molecule has 3 aromatic rings. The topological polar surface area (TPSA) is 88.5 Å². The van der Waals surface area contributed by atoms with Crippen molar-refractivity contribution in [3.8, 4) is 0 Å². The van der Waals surface area contributed by atoms with Gasteiger partial charge >= 0.3 is 5.69 Å². The number of hydrogen-bond donors (Lipinski definition) is 1. The Kier molecular flexibility index (Phi) is 6.35. The molecule has 166 valence electrons. The minimum atomic E-state index is -0.384. The van der Waals surface area contributed by atoms with E-state index in [1.54, 1.807) is 7.05 Å². The maximum atomic E-state index is 12.8. The lowest BCUT2D eigenvalue weighted by molar-refractivity contribution is 0.119. The number of aliphatic hydroxyl groups excluding tert-OH is 1. The molecule has 0 atom stereocenters. The molecule has 0 radical (unpaired) electrons. The van der Waals surface area contributed by atoms with Crippen molar-refractivity contribution in [2.24, 2.45) is 14.1 Å². The van der Waals surface area contributed by atoms with Gasteiger partial charge in [0.1, 0.15) is 5.82 Å². The molecule has 1 fully saturated rings. The highest BCUT2D eigenvalue weighted by molar-refractivity contribution is 5.71. The van der Waals surface area contributed by atoms with Gasteiger partial charge in [0.15, 0.2) is 11.2 Å². The summed E-state index contributed by atoms with van der Waals surface area (Å²) < 4.78 is 4.42. The Morgan fingerprint density at radius 3 is 2.23 bits per heavy atom. The average Bonchev–Trinajstić information content (AvgIpc) is 3.15. The van der Waals surface area contributed by atoms with E-state index in [1.165, 1.54) is 17.2 Å². The smallest absolute Gasteiger partial charge is 0.332 e. The first-order valence-electron chi connectivity index (χ1n) is 10.7. The summed E-state index contributed by atoms with van der Waals surface area (Å²) in [6.07, 6.45) is 0.523. The van der Waals surface area contributed by atoms with E-state index in [9.17, 15) is 14.7 Å². The number of imidazole rings is 1. The predicted octanol–water partition coefficient (Wildman–Crippen LogP) is 0.134. The molecule has 1 aliphatic rings. The van der Waals surface area contributed by atoms with Crippen LogP contribution in [0, 0.1) is 0 Å². The van der Waals surface area contributed by atoms with Gasteiger partial charge in [-0.05, 0) is 12.0 Å². The zero-order valence-electron chi connectivity index (χ0n) is 18.2. The normalized spacial score (nSPS) is 15.7. The maximum absolute atomic E-state index is 12.8. The Morgan fingerprint density at radius 1 is 0.935 bits per heavy atom. The molecule has 0 saturated carbocycles. The summed E-state index contributed by atoms with van der Waals surface area (Å²) in [6.45, 7) is 5.82. The molecule has 1 aromatic carbocycles. The van der Waals surface area contributed by atoms with Gasteiger partial charge in [0, 0.05) is 60.0 Å².